The van der Waals surface area contributed by atoms with Crippen LogP contribution in [0.3, 0.4) is 0 Å². The molecule has 4 heteroatoms. The van der Waals surface area contributed by atoms with Crippen LogP contribution in [-0.2, 0) is 14.4 Å². The average molecular weight is 262 g/mol. The fourth-order valence-corrected chi connectivity index (χ4v) is 3.12. The second kappa shape index (κ2) is 4.44. The number of hydrogen-bond donors (Lipinski definition) is 1. The molecule has 1 fully saturated rings. The highest BCUT2D eigenvalue weighted by Gasteiger charge is 2.46. The number of carboxylic acid groups (broad SMARTS) is 1. The lowest BCUT2D eigenvalue weighted by Crippen LogP contribution is -2.41. The number of rotatable bonds is 2. The SMILES string of the molecule is CC1=C2C(=O)[C@@H]([C@H](C)C(=O)O)CC[C@@]2(C)C=CC1=O. The third-order valence-corrected chi connectivity index (χ3v) is 4.47. The van der Waals surface area contributed by atoms with Gasteiger partial charge in [-0.05, 0) is 25.8 Å². The van der Waals surface area contributed by atoms with Crippen molar-refractivity contribution in [1.82, 2.24) is 0 Å². The molecule has 2 aliphatic carbocycles. The molecule has 0 unspecified atom stereocenters. The molecule has 0 radical (unpaired) electrons. The van der Waals surface area contributed by atoms with Gasteiger partial charge >= 0.3 is 5.97 Å². The molecule has 0 aromatic rings. The molecule has 1 N–H and O–H groups in total. The lowest BCUT2D eigenvalue weighted by Gasteiger charge is -2.40. The molecule has 0 saturated heterocycles. The van der Waals surface area contributed by atoms with Crippen LogP contribution >= 0.6 is 0 Å². The lowest BCUT2D eigenvalue weighted by molar-refractivity contribution is -0.146. The van der Waals surface area contributed by atoms with Crippen molar-refractivity contribution in [3.05, 3.63) is 23.3 Å². The molecule has 1 saturated carbocycles. The summed E-state index contributed by atoms with van der Waals surface area (Å²) in [6, 6.07) is 0. The summed E-state index contributed by atoms with van der Waals surface area (Å²) in [5, 5.41) is 9.08. The normalized spacial score (nSPS) is 32.3. The van der Waals surface area contributed by atoms with Crippen molar-refractivity contribution >= 4 is 17.5 Å². The Hall–Kier alpha value is -1.71. The molecule has 0 bridgehead atoms. The van der Waals surface area contributed by atoms with Gasteiger partial charge in [0.25, 0.3) is 0 Å². The number of fused-ring (bicyclic) bond motifs is 1. The van der Waals surface area contributed by atoms with Gasteiger partial charge in [0, 0.05) is 22.5 Å². The second-order valence-corrected chi connectivity index (χ2v) is 5.75. The Bertz CT molecular complexity index is 526. The summed E-state index contributed by atoms with van der Waals surface area (Å²) >= 11 is 0. The summed E-state index contributed by atoms with van der Waals surface area (Å²) in [5.74, 6) is -2.51. The molecule has 0 amide bonds. The van der Waals surface area contributed by atoms with Crippen LogP contribution in [0.5, 0.6) is 0 Å². The van der Waals surface area contributed by atoms with Gasteiger partial charge in [0.05, 0.1) is 5.92 Å². The quantitative estimate of drug-likeness (QED) is 0.827. The second-order valence-electron chi connectivity index (χ2n) is 5.75. The van der Waals surface area contributed by atoms with E-state index in [0.717, 1.165) is 0 Å². The maximum atomic E-state index is 12.6. The summed E-state index contributed by atoms with van der Waals surface area (Å²) < 4.78 is 0. The standard InChI is InChI=1S/C15H18O4/c1-8(14(18)19)10-4-6-15(3)7-5-11(16)9(2)12(15)13(10)17/h5,7-8,10H,4,6H2,1-3H3,(H,18,19)/t8-,10+,15-/m0/s1. The van der Waals surface area contributed by atoms with Crippen LogP contribution in [-0.4, -0.2) is 22.6 Å². The Morgan fingerprint density at radius 3 is 2.68 bits per heavy atom. The maximum Gasteiger partial charge on any atom is 0.306 e. The largest absolute Gasteiger partial charge is 0.481 e. The van der Waals surface area contributed by atoms with Gasteiger partial charge in [0.15, 0.2) is 11.6 Å². The van der Waals surface area contributed by atoms with Gasteiger partial charge in [-0.1, -0.05) is 19.9 Å². The van der Waals surface area contributed by atoms with E-state index in [1.807, 2.05) is 6.92 Å². The van der Waals surface area contributed by atoms with E-state index in [1.54, 1.807) is 19.9 Å². The predicted octanol–water partition coefficient (Wildman–Crippen LogP) is 2.15. The monoisotopic (exact) mass is 262 g/mol. The van der Waals surface area contributed by atoms with E-state index in [-0.39, 0.29) is 11.6 Å². The summed E-state index contributed by atoms with van der Waals surface area (Å²) in [5.41, 5.74) is 0.575. The van der Waals surface area contributed by atoms with Gasteiger partial charge < -0.3 is 5.11 Å². The highest BCUT2D eigenvalue weighted by Crippen LogP contribution is 2.47. The molecule has 2 aliphatic rings. The Labute approximate surface area is 112 Å². The van der Waals surface area contributed by atoms with Crippen molar-refractivity contribution in [2.45, 2.75) is 33.6 Å². The molecule has 2 rings (SSSR count). The minimum absolute atomic E-state index is 0.149. The van der Waals surface area contributed by atoms with E-state index in [2.05, 4.69) is 0 Å². The van der Waals surface area contributed by atoms with Gasteiger partial charge in [-0.2, -0.15) is 0 Å². The molecule has 0 spiro atoms. The van der Waals surface area contributed by atoms with Crippen LogP contribution in [0.4, 0.5) is 0 Å². The minimum Gasteiger partial charge on any atom is -0.481 e. The fourth-order valence-electron chi connectivity index (χ4n) is 3.12. The molecule has 0 heterocycles. The Balaban J connectivity index is 2.44. The van der Waals surface area contributed by atoms with E-state index in [1.165, 1.54) is 6.08 Å². The van der Waals surface area contributed by atoms with Crippen LogP contribution in [0.25, 0.3) is 0 Å². The van der Waals surface area contributed by atoms with Crippen molar-refractivity contribution in [2.75, 3.05) is 0 Å². The third kappa shape index (κ3) is 2.05. The van der Waals surface area contributed by atoms with E-state index in [4.69, 9.17) is 5.11 Å². The molecule has 19 heavy (non-hydrogen) atoms. The van der Waals surface area contributed by atoms with Crippen molar-refractivity contribution < 1.29 is 19.5 Å². The smallest absolute Gasteiger partial charge is 0.306 e. The average Bonchev–Trinajstić information content (AvgIpc) is 2.34. The van der Waals surface area contributed by atoms with Gasteiger partial charge in [-0.15, -0.1) is 0 Å². The Morgan fingerprint density at radius 2 is 2.11 bits per heavy atom. The Kier molecular flexibility index (Phi) is 3.20. The van der Waals surface area contributed by atoms with Crippen LogP contribution in [0, 0.1) is 17.3 Å². The first-order valence-electron chi connectivity index (χ1n) is 6.50. The van der Waals surface area contributed by atoms with E-state index >= 15 is 0 Å². The van der Waals surface area contributed by atoms with Crippen molar-refractivity contribution in [2.24, 2.45) is 17.3 Å². The number of carboxylic acids is 1. The van der Waals surface area contributed by atoms with Crippen LogP contribution < -0.4 is 0 Å². The number of hydrogen-bond acceptors (Lipinski definition) is 3. The molecule has 4 nitrogen and oxygen atoms in total. The minimum atomic E-state index is -0.960. The first-order valence-corrected chi connectivity index (χ1v) is 6.50. The zero-order valence-electron chi connectivity index (χ0n) is 11.4. The van der Waals surface area contributed by atoms with Crippen molar-refractivity contribution in [3.8, 4) is 0 Å². The number of aliphatic carboxylic acids is 1. The lowest BCUT2D eigenvalue weighted by atomic mass is 9.61. The van der Waals surface area contributed by atoms with Gasteiger partial charge in [-0.3, -0.25) is 14.4 Å². The first kappa shape index (κ1) is 13.7. The van der Waals surface area contributed by atoms with Crippen LogP contribution in [0.1, 0.15) is 33.6 Å². The summed E-state index contributed by atoms with van der Waals surface area (Å²) in [7, 11) is 0. The first-order chi connectivity index (χ1) is 8.78. The molecule has 0 aliphatic heterocycles. The third-order valence-electron chi connectivity index (χ3n) is 4.47. The topological polar surface area (TPSA) is 71.4 Å². The molecule has 102 valence electrons. The number of allylic oxidation sites excluding steroid dienone is 4. The van der Waals surface area contributed by atoms with Crippen LogP contribution in [0.2, 0.25) is 0 Å². The Morgan fingerprint density at radius 1 is 1.47 bits per heavy atom. The molecule has 0 aromatic carbocycles. The highest BCUT2D eigenvalue weighted by atomic mass is 16.4. The maximum absolute atomic E-state index is 12.6. The van der Waals surface area contributed by atoms with E-state index in [0.29, 0.717) is 24.0 Å². The van der Waals surface area contributed by atoms with Crippen molar-refractivity contribution in [3.63, 3.8) is 0 Å². The summed E-state index contributed by atoms with van der Waals surface area (Å²) in [6.45, 7) is 5.16. The molecule has 0 aromatic heterocycles. The molecular formula is C15H18O4. The number of carbonyl (C=O) groups excluding carboxylic acids is 2. The zero-order valence-corrected chi connectivity index (χ0v) is 11.4. The van der Waals surface area contributed by atoms with E-state index < -0.39 is 23.2 Å². The predicted molar refractivity (Wildman–Crippen MR) is 69.5 cm³/mol. The summed E-state index contributed by atoms with van der Waals surface area (Å²) in [6.07, 6.45) is 4.57. The van der Waals surface area contributed by atoms with Crippen LogP contribution in [0.15, 0.2) is 23.3 Å². The van der Waals surface area contributed by atoms with E-state index in [9.17, 15) is 14.4 Å². The fraction of sp³-hybridized carbons (Fsp3) is 0.533. The molecule has 3 atom stereocenters. The highest BCUT2D eigenvalue weighted by molar-refractivity contribution is 6.14. The number of Topliss-reactive ketones (excluding diaryl/α,β-unsaturated/α-hetero) is 1. The van der Waals surface area contributed by atoms with Gasteiger partial charge in [0.2, 0.25) is 0 Å². The summed E-state index contributed by atoms with van der Waals surface area (Å²) in [4.78, 5) is 35.4. The van der Waals surface area contributed by atoms with Gasteiger partial charge in [0.1, 0.15) is 0 Å². The molecular weight excluding hydrogens is 244 g/mol. The number of carbonyl (C=O) groups is 3. The van der Waals surface area contributed by atoms with Gasteiger partial charge in [-0.25, -0.2) is 0 Å². The number of ketones is 2. The zero-order chi connectivity index (χ0) is 14.4. The van der Waals surface area contributed by atoms with Crippen molar-refractivity contribution in [1.29, 1.82) is 0 Å².